The summed E-state index contributed by atoms with van der Waals surface area (Å²) in [6.45, 7) is 8.08. The molecular formula is C8H19NOS. The van der Waals surface area contributed by atoms with Crippen LogP contribution in [0, 0.1) is 0 Å². The molecule has 11 heavy (non-hydrogen) atoms. The second kappa shape index (κ2) is 4.88. The Morgan fingerprint density at radius 3 is 1.91 bits per heavy atom. The lowest BCUT2D eigenvalue weighted by molar-refractivity contribution is 0.580. The van der Waals surface area contributed by atoms with Gasteiger partial charge in [-0.15, -0.1) is 0 Å². The summed E-state index contributed by atoms with van der Waals surface area (Å²) >= 11 is 0. The molecule has 3 heteroatoms. The van der Waals surface area contributed by atoms with E-state index in [1.54, 1.807) is 0 Å². The summed E-state index contributed by atoms with van der Waals surface area (Å²) < 4.78 is 11.5. The van der Waals surface area contributed by atoms with Gasteiger partial charge in [-0.05, 0) is 20.9 Å². The minimum Gasteiger partial charge on any atom is -0.316 e. The molecular weight excluding hydrogens is 158 g/mol. The molecule has 0 spiro atoms. The molecule has 0 aromatic heterocycles. The van der Waals surface area contributed by atoms with Crippen molar-refractivity contribution in [1.82, 2.24) is 5.32 Å². The number of hydrogen-bond acceptors (Lipinski definition) is 2. The van der Waals surface area contributed by atoms with E-state index in [1.807, 2.05) is 27.8 Å². The van der Waals surface area contributed by atoms with Crippen molar-refractivity contribution in [3.63, 3.8) is 0 Å². The van der Waals surface area contributed by atoms with Crippen LogP contribution in [0.5, 0.6) is 0 Å². The maximum Gasteiger partial charge on any atom is 0.0472 e. The van der Waals surface area contributed by atoms with Crippen molar-refractivity contribution in [2.45, 2.75) is 44.2 Å². The molecule has 0 fully saturated rings. The third kappa shape index (κ3) is 3.34. The molecule has 0 amide bonds. The predicted molar refractivity (Wildman–Crippen MR) is 51.3 cm³/mol. The van der Waals surface area contributed by atoms with Crippen LogP contribution in [0.3, 0.4) is 0 Å². The minimum absolute atomic E-state index is 0.236. The van der Waals surface area contributed by atoms with Crippen LogP contribution in [0.15, 0.2) is 0 Å². The van der Waals surface area contributed by atoms with Gasteiger partial charge < -0.3 is 5.32 Å². The van der Waals surface area contributed by atoms with Gasteiger partial charge in [0.05, 0.1) is 0 Å². The third-order valence-electron chi connectivity index (χ3n) is 1.99. The summed E-state index contributed by atoms with van der Waals surface area (Å²) in [6.07, 6.45) is 0. The zero-order valence-corrected chi connectivity index (χ0v) is 8.87. The molecule has 0 aliphatic heterocycles. The molecule has 0 aliphatic carbocycles. The molecule has 0 heterocycles. The third-order valence-corrected chi connectivity index (χ3v) is 4.06. The van der Waals surface area contributed by atoms with E-state index in [0.717, 1.165) is 0 Å². The molecule has 0 rings (SSSR count). The van der Waals surface area contributed by atoms with E-state index in [-0.39, 0.29) is 10.5 Å². The first kappa shape index (κ1) is 11.1. The second-order valence-electron chi connectivity index (χ2n) is 3.16. The van der Waals surface area contributed by atoms with Crippen molar-refractivity contribution in [2.75, 3.05) is 7.05 Å². The fourth-order valence-electron chi connectivity index (χ4n) is 0.865. The summed E-state index contributed by atoms with van der Waals surface area (Å²) in [5, 5.41) is 3.61. The Bertz CT molecular complexity index is 136. The van der Waals surface area contributed by atoms with Crippen LogP contribution in [0.4, 0.5) is 0 Å². The number of hydrogen-bond donors (Lipinski definition) is 1. The van der Waals surface area contributed by atoms with Gasteiger partial charge in [-0.3, -0.25) is 4.21 Å². The van der Waals surface area contributed by atoms with E-state index < -0.39 is 10.8 Å². The van der Waals surface area contributed by atoms with Gasteiger partial charge >= 0.3 is 0 Å². The molecule has 0 saturated carbocycles. The van der Waals surface area contributed by atoms with Gasteiger partial charge in [0.25, 0.3) is 0 Å². The summed E-state index contributed by atoms with van der Waals surface area (Å²) in [5.74, 6) is 0. The molecule has 3 unspecified atom stereocenters. The quantitative estimate of drug-likeness (QED) is 0.697. The summed E-state index contributed by atoms with van der Waals surface area (Å²) in [5.41, 5.74) is 0. The highest BCUT2D eigenvalue weighted by Crippen LogP contribution is 2.06. The molecule has 68 valence electrons. The van der Waals surface area contributed by atoms with Crippen molar-refractivity contribution in [3.8, 4) is 0 Å². The molecule has 0 aromatic rings. The fraction of sp³-hybridized carbons (Fsp3) is 1.00. The Hall–Kier alpha value is 0.110. The zero-order valence-electron chi connectivity index (χ0n) is 8.05. The van der Waals surface area contributed by atoms with Gasteiger partial charge in [-0.1, -0.05) is 13.8 Å². The summed E-state index contributed by atoms with van der Waals surface area (Å²) in [4.78, 5) is 0. The van der Waals surface area contributed by atoms with E-state index in [2.05, 4.69) is 12.2 Å². The van der Waals surface area contributed by atoms with E-state index in [4.69, 9.17) is 0 Å². The highest BCUT2D eigenvalue weighted by Gasteiger charge is 2.19. The second-order valence-corrected chi connectivity index (χ2v) is 5.50. The largest absolute Gasteiger partial charge is 0.316 e. The zero-order chi connectivity index (χ0) is 9.02. The molecule has 1 N–H and O–H groups in total. The van der Waals surface area contributed by atoms with Gasteiger partial charge in [0.15, 0.2) is 0 Å². The smallest absolute Gasteiger partial charge is 0.0472 e. The molecule has 0 aliphatic rings. The van der Waals surface area contributed by atoms with Crippen molar-refractivity contribution < 1.29 is 4.21 Å². The Morgan fingerprint density at radius 2 is 1.64 bits per heavy atom. The molecule has 0 radical (unpaired) electrons. The van der Waals surface area contributed by atoms with Crippen LogP contribution in [0.2, 0.25) is 0 Å². The summed E-state index contributed by atoms with van der Waals surface area (Å²) in [7, 11) is 1.19. The van der Waals surface area contributed by atoms with E-state index in [0.29, 0.717) is 6.04 Å². The normalized spacial score (nSPS) is 19.8. The Labute approximate surface area is 72.2 Å². The number of rotatable bonds is 4. The SMILES string of the molecule is CNC(C)C(C)S(=O)C(C)C. The standard InChI is InChI=1S/C8H19NOS/c1-6(2)11(10)8(4)7(3)9-5/h6-9H,1-5H3. The first-order chi connectivity index (χ1) is 5.00. The van der Waals surface area contributed by atoms with Crippen molar-refractivity contribution >= 4 is 10.8 Å². The predicted octanol–water partition coefficient (Wildman–Crippen LogP) is 1.14. The Morgan fingerprint density at radius 1 is 1.18 bits per heavy atom. The highest BCUT2D eigenvalue weighted by molar-refractivity contribution is 7.86. The molecule has 0 aromatic carbocycles. The van der Waals surface area contributed by atoms with Crippen LogP contribution in [0.25, 0.3) is 0 Å². The van der Waals surface area contributed by atoms with E-state index in [1.165, 1.54) is 0 Å². The monoisotopic (exact) mass is 177 g/mol. The number of nitrogens with one attached hydrogen (secondary N) is 1. The maximum atomic E-state index is 11.5. The Balaban J connectivity index is 4.02. The molecule has 0 saturated heterocycles. The van der Waals surface area contributed by atoms with Crippen molar-refractivity contribution in [2.24, 2.45) is 0 Å². The van der Waals surface area contributed by atoms with Crippen LogP contribution in [-0.4, -0.2) is 27.8 Å². The first-order valence-electron chi connectivity index (χ1n) is 4.07. The summed E-state index contributed by atoms with van der Waals surface area (Å²) in [6, 6.07) is 0.332. The maximum absolute atomic E-state index is 11.5. The highest BCUT2D eigenvalue weighted by atomic mass is 32.2. The van der Waals surface area contributed by atoms with Gasteiger partial charge in [-0.2, -0.15) is 0 Å². The van der Waals surface area contributed by atoms with Gasteiger partial charge in [0.2, 0.25) is 0 Å². The molecule has 3 atom stereocenters. The topological polar surface area (TPSA) is 29.1 Å². The van der Waals surface area contributed by atoms with Crippen molar-refractivity contribution in [3.05, 3.63) is 0 Å². The average molecular weight is 177 g/mol. The van der Waals surface area contributed by atoms with E-state index >= 15 is 0 Å². The van der Waals surface area contributed by atoms with Crippen LogP contribution < -0.4 is 5.32 Å². The average Bonchev–Trinajstić information content (AvgIpc) is 2.00. The van der Waals surface area contributed by atoms with Crippen LogP contribution in [-0.2, 0) is 10.8 Å². The minimum atomic E-state index is -0.709. The van der Waals surface area contributed by atoms with Crippen LogP contribution >= 0.6 is 0 Å². The van der Waals surface area contributed by atoms with Crippen LogP contribution in [0.1, 0.15) is 27.7 Å². The van der Waals surface area contributed by atoms with Gasteiger partial charge in [0.1, 0.15) is 0 Å². The lowest BCUT2D eigenvalue weighted by Crippen LogP contribution is -2.37. The Kier molecular flexibility index (Phi) is 4.93. The molecule has 0 bridgehead atoms. The van der Waals surface area contributed by atoms with Crippen molar-refractivity contribution in [1.29, 1.82) is 0 Å². The molecule has 2 nitrogen and oxygen atoms in total. The lowest BCUT2D eigenvalue weighted by atomic mass is 10.3. The fourth-order valence-corrected chi connectivity index (χ4v) is 2.26. The van der Waals surface area contributed by atoms with Gasteiger partial charge in [-0.25, -0.2) is 0 Å². The van der Waals surface area contributed by atoms with Gasteiger partial charge in [0, 0.05) is 27.3 Å². The lowest BCUT2D eigenvalue weighted by Gasteiger charge is -2.20. The first-order valence-corrected chi connectivity index (χ1v) is 5.35. The van der Waals surface area contributed by atoms with E-state index in [9.17, 15) is 4.21 Å².